The van der Waals surface area contributed by atoms with Crippen molar-refractivity contribution in [1.82, 2.24) is 9.55 Å². The lowest BCUT2D eigenvalue weighted by atomic mass is 10.1. The van der Waals surface area contributed by atoms with Gasteiger partial charge in [-0.3, -0.25) is 0 Å². The average molecular weight is 287 g/mol. The topological polar surface area (TPSA) is 70.1 Å². The zero-order valence-corrected chi connectivity index (χ0v) is 11.9. The summed E-state index contributed by atoms with van der Waals surface area (Å²) in [4.78, 5) is 16.5. The predicted molar refractivity (Wildman–Crippen MR) is 79.8 cm³/mol. The molecule has 0 aliphatic carbocycles. The van der Waals surface area contributed by atoms with E-state index in [0.29, 0.717) is 22.0 Å². The molecule has 0 atom stereocenters. The minimum Gasteiger partial charge on any atom is -0.465 e. The quantitative estimate of drug-likeness (QED) is 0.736. The summed E-state index contributed by atoms with van der Waals surface area (Å²) < 4.78 is 6.75. The zero-order valence-electron chi connectivity index (χ0n) is 11.1. The Kier molecular flexibility index (Phi) is 2.94. The maximum atomic E-state index is 11.9. The summed E-state index contributed by atoms with van der Waals surface area (Å²) >= 11 is 1.31. The first kappa shape index (κ1) is 12.7. The van der Waals surface area contributed by atoms with Gasteiger partial charge in [-0.05, 0) is 12.1 Å². The first-order valence-corrected chi connectivity index (χ1v) is 6.88. The summed E-state index contributed by atoms with van der Waals surface area (Å²) in [6.07, 6.45) is 0. The number of carbonyl (C=O) groups excluding carboxylic acids is 1. The molecular formula is C14H13N3O2S. The molecule has 2 heterocycles. The second-order valence-corrected chi connectivity index (χ2v) is 5.27. The Labute approximate surface area is 119 Å². The number of methoxy groups -OCH3 is 1. The normalized spacial score (nSPS) is 10.9. The molecule has 102 valence electrons. The van der Waals surface area contributed by atoms with Crippen molar-refractivity contribution in [2.45, 2.75) is 0 Å². The fourth-order valence-corrected chi connectivity index (χ4v) is 3.02. The van der Waals surface area contributed by atoms with Crippen molar-refractivity contribution in [3.05, 3.63) is 35.2 Å². The number of rotatable bonds is 2. The molecule has 20 heavy (non-hydrogen) atoms. The Morgan fingerprint density at radius 1 is 1.40 bits per heavy atom. The zero-order chi connectivity index (χ0) is 14.3. The molecule has 2 N–H and O–H groups in total. The van der Waals surface area contributed by atoms with Gasteiger partial charge in [-0.25, -0.2) is 9.78 Å². The van der Waals surface area contributed by atoms with E-state index in [1.807, 2.05) is 41.3 Å². The van der Waals surface area contributed by atoms with E-state index < -0.39 is 5.97 Å². The lowest BCUT2D eigenvalue weighted by Gasteiger charge is -2.04. The molecule has 0 unspecified atom stereocenters. The van der Waals surface area contributed by atoms with E-state index in [-0.39, 0.29) is 0 Å². The Balaban J connectivity index is 2.26. The second kappa shape index (κ2) is 4.64. The standard InChI is InChI=1S/C14H13N3O2S/c1-17-10-6-4-3-5-9(10)16-13(17)8-7-20-12(15)11(8)14(18)19-2/h3-7H,15H2,1-2H3. The highest BCUT2D eigenvalue weighted by Crippen LogP contribution is 2.34. The number of hydrogen-bond donors (Lipinski definition) is 1. The Morgan fingerprint density at radius 2 is 2.15 bits per heavy atom. The summed E-state index contributed by atoms with van der Waals surface area (Å²) in [6, 6.07) is 7.81. The van der Waals surface area contributed by atoms with Crippen LogP contribution in [0.1, 0.15) is 10.4 Å². The van der Waals surface area contributed by atoms with Crippen LogP contribution in [0.2, 0.25) is 0 Å². The number of imidazole rings is 1. The number of nitrogens with two attached hydrogens (primary N) is 1. The van der Waals surface area contributed by atoms with Crippen LogP contribution in [0.4, 0.5) is 5.00 Å². The largest absolute Gasteiger partial charge is 0.465 e. The Bertz CT molecular complexity index is 804. The third kappa shape index (κ3) is 1.77. The number of hydrogen-bond acceptors (Lipinski definition) is 5. The number of nitrogen functional groups attached to an aromatic ring is 1. The molecule has 0 amide bonds. The number of ether oxygens (including phenoxy) is 1. The van der Waals surface area contributed by atoms with Crippen molar-refractivity contribution in [1.29, 1.82) is 0 Å². The maximum Gasteiger partial charge on any atom is 0.341 e. The number of aryl methyl sites for hydroxylation is 1. The summed E-state index contributed by atoms with van der Waals surface area (Å²) in [5, 5.41) is 2.28. The highest BCUT2D eigenvalue weighted by Gasteiger charge is 2.22. The number of anilines is 1. The molecule has 0 spiro atoms. The van der Waals surface area contributed by atoms with Gasteiger partial charge in [0.15, 0.2) is 0 Å². The van der Waals surface area contributed by atoms with E-state index >= 15 is 0 Å². The first-order valence-electron chi connectivity index (χ1n) is 6.00. The van der Waals surface area contributed by atoms with Crippen molar-refractivity contribution >= 4 is 33.3 Å². The predicted octanol–water partition coefficient (Wildman–Crippen LogP) is 2.67. The summed E-state index contributed by atoms with van der Waals surface area (Å²) in [5.74, 6) is 0.269. The van der Waals surface area contributed by atoms with Crippen LogP contribution in [0.3, 0.4) is 0 Å². The molecule has 0 saturated heterocycles. The van der Waals surface area contributed by atoms with Crippen molar-refractivity contribution in [2.24, 2.45) is 7.05 Å². The number of thiophene rings is 1. The van der Waals surface area contributed by atoms with Gasteiger partial charge in [0.25, 0.3) is 0 Å². The molecule has 0 bridgehead atoms. The minimum atomic E-state index is -0.439. The Morgan fingerprint density at radius 3 is 2.85 bits per heavy atom. The number of benzene rings is 1. The third-order valence-electron chi connectivity index (χ3n) is 3.24. The number of esters is 1. The van der Waals surface area contributed by atoms with Gasteiger partial charge in [0.2, 0.25) is 0 Å². The number of carbonyl (C=O) groups is 1. The number of nitrogens with zero attached hydrogens (tertiary/aromatic N) is 2. The van der Waals surface area contributed by atoms with Gasteiger partial charge < -0.3 is 15.0 Å². The molecule has 1 aromatic carbocycles. The van der Waals surface area contributed by atoms with Crippen LogP contribution < -0.4 is 5.73 Å². The van der Waals surface area contributed by atoms with Crippen LogP contribution in [-0.2, 0) is 11.8 Å². The fourth-order valence-electron chi connectivity index (χ4n) is 2.24. The van der Waals surface area contributed by atoms with Gasteiger partial charge in [0.1, 0.15) is 16.4 Å². The highest BCUT2D eigenvalue weighted by molar-refractivity contribution is 7.14. The molecule has 3 rings (SSSR count). The van der Waals surface area contributed by atoms with Crippen LogP contribution in [0.15, 0.2) is 29.6 Å². The van der Waals surface area contributed by atoms with Gasteiger partial charge in [-0.15, -0.1) is 11.3 Å². The van der Waals surface area contributed by atoms with E-state index in [4.69, 9.17) is 10.5 Å². The molecule has 0 saturated carbocycles. The molecule has 6 heteroatoms. The van der Waals surface area contributed by atoms with Crippen LogP contribution in [-0.4, -0.2) is 22.6 Å². The summed E-state index contributed by atoms with van der Waals surface area (Å²) in [7, 11) is 3.26. The lowest BCUT2D eigenvalue weighted by molar-refractivity contribution is 0.0603. The van der Waals surface area contributed by atoms with E-state index in [1.165, 1.54) is 18.4 Å². The molecule has 0 aliphatic heterocycles. The molecule has 3 aromatic rings. The molecule has 0 aliphatic rings. The molecule has 2 aromatic heterocycles. The van der Waals surface area contributed by atoms with Crippen molar-refractivity contribution < 1.29 is 9.53 Å². The first-order chi connectivity index (χ1) is 9.63. The average Bonchev–Trinajstić information content (AvgIpc) is 2.99. The van der Waals surface area contributed by atoms with E-state index in [9.17, 15) is 4.79 Å². The monoisotopic (exact) mass is 287 g/mol. The van der Waals surface area contributed by atoms with Crippen LogP contribution in [0.5, 0.6) is 0 Å². The highest BCUT2D eigenvalue weighted by atomic mass is 32.1. The van der Waals surface area contributed by atoms with Crippen molar-refractivity contribution in [3.63, 3.8) is 0 Å². The molecule has 0 fully saturated rings. The van der Waals surface area contributed by atoms with Crippen molar-refractivity contribution in [2.75, 3.05) is 12.8 Å². The van der Waals surface area contributed by atoms with E-state index in [0.717, 1.165) is 11.0 Å². The van der Waals surface area contributed by atoms with Crippen molar-refractivity contribution in [3.8, 4) is 11.4 Å². The van der Waals surface area contributed by atoms with Gasteiger partial charge in [0.05, 0.1) is 18.1 Å². The minimum absolute atomic E-state index is 0.385. The third-order valence-corrected chi connectivity index (χ3v) is 4.05. The second-order valence-electron chi connectivity index (χ2n) is 4.36. The van der Waals surface area contributed by atoms with Gasteiger partial charge in [-0.1, -0.05) is 12.1 Å². The summed E-state index contributed by atoms with van der Waals surface area (Å²) in [6.45, 7) is 0. The fraction of sp³-hybridized carbons (Fsp3) is 0.143. The van der Waals surface area contributed by atoms with E-state index in [2.05, 4.69) is 4.98 Å². The number of fused-ring (bicyclic) bond motifs is 1. The van der Waals surface area contributed by atoms with E-state index in [1.54, 1.807) is 0 Å². The summed E-state index contributed by atoms with van der Waals surface area (Å²) in [5.41, 5.74) is 8.85. The van der Waals surface area contributed by atoms with Crippen LogP contribution in [0.25, 0.3) is 22.4 Å². The lowest BCUT2D eigenvalue weighted by Crippen LogP contribution is -2.05. The Hall–Kier alpha value is -2.34. The van der Waals surface area contributed by atoms with Gasteiger partial charge in [-0.2, -0.15) is 0 Å². The van der Waals surface area contributed by atoms with Gasteiger partial charge in [0, 0.05) is 18.0 Å². The smallest absolute Gasteiger partial charge is 0.341 e. The van der Waals surface area contributed by atoms with Crippen LogP contribution >= 0.6 is 11.3 Å². The maximum absolute atomic E-state index is 11.9. The number of aromatic nitrogens is 2. The molecule has 5 nitrogen and oxygen atoms in total. The molecular weight excluding hydrogens is 274 g/mol. The van der Waals surface area contributed by atoms with Gasteiger partial charge >= 0.3 is 5.97 Å². The SMILES string of the molecule is COC(=O)c1c(-c2nc3ccccc3n2C)csc1N. The molecule has 0 radical (unpaired) electrons. The van der Waals surface area contributed by atoms with Crippen LogP contribution in [0, 0.1) is 0 Å². The number of para-hydroxylation sites is 2.